The highest BCUT2D eigenvalue weighted by molar-refractivity contribution is 8.08. The van der Waals surface area contributed by atoms with Crippen molar-refractivity contribution in [2.45, 2.75) is 25.3 Å². The van der Waals surface area contributed by atoms with E-state index in [1.54, 1.807) is 16.3 Å². The Hall–Kier alpha value is -2.81. The third kappa shape index (κ3) is 3.21. The summed E-state index contributed by atoms with van der Waals surface area (Å²) in [5.74, 6) is -0.226. The van der Waals surface area contributed by atoms with E-state index in [4.69, 9.17) is 11.6 Å². The van der Waals surface area contributed by atoms with Gasteiger partial charge in [0.2, 0.25) is 0 Å². The van der Waals surface area contributed by atoms with Gasteiger partial charge >= 0.3 is 0 Å². The Kier molecular flexibility index (Phi) is 5.23. The molecule has 0 aliphatic carbocycles. The summed E-state index contributed by atoms with van der Waals surface area (Å²) in [6.45, 7) is 4.18. The minimum Gasteiger partial charge on any atom is -0.337 e. The van der Waals surface area contributed by atoms with Crippen LogP contribution in [-0.4, -0.2) is 23.2 Å². The minimum absolute atomic E-state index is 0.105. The van der Waals surface area contributed by atoms with Crippen LogP contribution in [0.1, 0.15) is 13.8 Å². The number of anilines is 2. The van der Waals surface area contributed by atoms with Crippen LogP contribution in [-0.2, 0) is 11.3 Å². The van der Waals surface area contributed by atoms with Crippen LogP contribution in [0, 0.1) is 0 Å². The summed E-state index contributed by atoms with van der Waals surface area (Å²) in [5.41, 5.74) is 2.62. The maximum absolute atomic E-state index is 13.4. The number of hydrazone groups is 1. The fourth-order valence-corrected chi connectivity index (χ4v) is 6.59. The molecule has 1 aromatic heterocycles. The van der Waals surface area contributed by atoms with Crippen molar-refractivity contribution in [1.29, 1.82) is 0 Å². The van der Waals surface area contributed by atoms with Crippen LogP contribution in [0.5, 0.6) is 0 Å². The molecule has 162 valence electrons. The first kappa shape index (κ1) is 21.1. The van der Waals surface area contributed by atoms with Crippen molar-refractivity contribution >= 4 is 68.3 Å². The molecule has 1 amide bonds. The molecule has 3 aromatic rings. The van der Waals surface area contributed by atoms with E-state index in [1.807, 2.05) is 74.3 Å². The fourth-order valence-electron chi connectivity index (χ4n) is 3.83. The van der Waals surface area contributed by atoms with E-state index in [0.717, 1.165) is 15.6 Å². The average molecular weight is 483 g/mol. The molecule has 0 bridgehead atoms. The number of hydrogen-bond acceptors (Lipinski definition) is 6. The number of nitrogens with zero attached hydrogens (tertiary/aromatic N) is 4. The summed E-state index contributed by atoms with van der Waals surface area (Å²) in [5, 5.41) is 7.37. The van der Waals surface area contributed by atoms with Gasteiger partial charge in [-0.2, -0.15) is 10.1 Å². The number of carbonyl (C=O) groups is 1. The van der Waals surface area contributed by atoms with E-state index in [0.29, 0.717) is 37.7 Å². The van der Waals surface area contributed by atoms with Crippen LogP contribution in [0.2, 0.25) is 5.02 Å². The number of thiazole rings is 1. The molecular weight excluding hydrogens is 464 g/mol. The van der Waals surface area contributed by atoms with Crippen LogP contribution >= 0.6 is 34.7 Å². The summed E-state index contributed by atoms with van der Waals surface area (Å²) < 4.78 is 2.90. The molecule has 0 atom stereocenters. The normalized spacial score (nSPS) is 19.0. The average Bonchev–Trinajstić information content (AvgIpc) is 3.39. The van der Waals surface area contributed by atoms with Gasteiger partial charge in [0.05, 0.1) is 22.7 Å². The fraction of sp³-hybridized carbons (Fsp3) is 0.174. The van der Waals surface area contributed by atoms with Crippen LogP contribution < -0.4 is 24.7 Å². The van der Waals surface area contributed by atoms with Gasteiger partial charge in [-0.15, -0.1) is 11.3 Å². The molecule has 0 N–H and O–H groups in total. The number of benzene rings is 2. The highest BCUT2D eigenvalue weighted by atomic mass is 35.5. The van der Waals surface area contributed by atoms with Crippen LogP contribution in [0.4, 0.5) is 11.4 Å². The lowest BCUT2D eigenvalue weighted by atomic mass is 10.2. The molecule has 0 spiro atoms. The summed E-state index contributed by atoms with van der Waals surface area (Å²) in [6.07, 6.45) is 0. The number of aromatic nitrogens is 1. The largest absolute Gasteiger partial charge is 0.337 e. The summed E-state index contributed by atoms with van der Waals surface area (Å²) in [6, 6.07) is 15.0. The van der Waals surface area contributed by atoms with Crippen molar-refractivity contribution in [3.05, 3.63) is 73.1 Å². The predicted octanol–water partition coefficient (Wildman–Crippen LogP) is 3.46. The number of halogens is 1. The van der Waals surface area contributed by atoms with Gasteiger partial charge in [-0.1, -0.05) is 41.6 Å². The van der Waals surface area contributed by atoms with E-state index in [9.17, 15) is 9.59 Å². The molecule has 6 nitrogen and oxygen atoms in total. The first-order valence-electron chi connectivity index (χ1n) is 10.0. The number of fused-ring (bicyclic) bond motifs is 1. The lowest BCUT2D eigenvalue weighted by molar-refractivity contribution is -0.112. The maximum atomic E-state index is 13.4. The van der Waals surface area contributed by atoms with Gasteiger partial charge in [-0.25, -0.2) is 0 Å². The molecule has 0 unspecified atom stereocenters. The Morgan fingerprint density at radius 1 is 1.09 bits per heavy atom. The summed E-state index contributed by atoms with van der Waals surface area (Å²) in [7, 11) is 1.93. The quantitative estimate of drug-likeness (QED) is 0.561. The molecule has 0 fully saturated rings. The summed E-state index contributed by atoms with van der Waals surface area (Å²) in [4.78, 5) is 29.8. The lowest BCUT2D eigenvalue weighted by Gasteiger charge is -2.12. The molecule has 32 heavy (non-hydrogen) atoms. The smallest absolute Gasteiger partial charge is 0.283 e. The van der Waals surface area contributed by atoms with Gasteiger partial charge in [-0.05, 0) is 44.2 Å². The number of rotatable bonds is 2. The zero-order valence-corrected chi connectivity index (χ0v) is 20.0. The Bertz CT molecular complexity index is 1470. The monoisotopic (exact) mass is 482 g/mol. The highest BCUT2D eigenvalue weighted by Gasteiger charge is 2.32. The van der Waals surface area contributed by atoms with Crippen molar-refractivity contribution in [3.63, 3.8) is 0 Å². The van der Waals surface area contributed by atoms with E-state index >= 15 is 0 Å². The second-order valence-electron chi connectivity index (χ2n) is 7.38. The highest BCUT2D eigenvalue weighted by Crippen LogP contribution is 2.46. The predicted molar refractivity (Wildman–Crippen MR) is 133 cm³/mol. The number of carbonyl (C=O) groups excluding carboxylic acids is 1. The topological polar surface area (TPSA) is 57.9 Å². The molecule has 2 aliphatic heterocycles. The van der Waals surface area contributed by atoms with Gasteiger partial charge in [0.25, 0.3) is 11.5 Å². The minimum atomic E-state index is -0.226. The SMILES string of the molecule is CCn1c(=C2C(=O)N(c3ccccc3)N=C2C)sc(=C2Sc3ccc(Cl)cc3N2C)c1=O. The van der Waals surface area contributed by atoms with Crippen molar-refractivity contribution in [3.8, 4) is 0 Å². The summed E-state index contributed by atoms with van der Waals surface area (Å²) >= 11 is 9.06. The van der Waals surface area contributed by atoms with Crippen LogP contribution in [0.25, 0.3) is 10.6 Å². The molecule has 2 aliphatic rings. The van der Waals surface area contributed by atoms with Crippen molar-refractivity contribution in [2.75, 3.05) is 17.0 Å². The Balaban J connectivity index is 1.72. The second kappa shape index (κ2) is 7.95. The van der Waals surface area contributed by atoms with E-state index < -0.39 is 0 Å². The maximum Gasteiger partial charge on any atom is 0.283 e. The number of para-hydroxylation sites is 1. The zero-order chi connectivity index (χ0) is 22.6. The van der Waals surface area contributed by atoms with Crippen LogP contribution in [0.3, 0.4) is 0 Å². The number of thioether (sulfide) groups is 1. The van der Waals surface area contributed by atoms with Gasteiger partial charge in [0.15, 0.2) is 0 Å². The third-order valence-corrected chi connectivity index (χ3v) is 8.21. The Morgan fingerprint density at radius 2 is 1.84 bits per heavy atom. The van der Waals surface area contributed by atoms with Gasteiger partial charge in [-0.3, -0.25) is 14.2 Å². The van der Waals surface area contributed by atoms with Gasteiger partial charge in [0, 0.05) is 23.5 Å². The third-order valence-electron chi connectivity index (χ3n) is 5.42. The second-order valence-corrected chi connectivity index (χ2v) is 9.84. The van der Waals surface area contributed by atoms with Crippen molar-refractivity contribution in [1.82, 2.24) is 4.57 Å². The molecule has 5 rings (SSSR count). The van der Waals surface area contributed by atoms with Crippen molar-refractivity contribution < 1.29 is 4.79 Å². The van der Waals surface area contributed by atoms with Gasteiger partial charge < -0.3 is 4.90 Å². The lowest BCUT2D eigenvalue weighted by Crippen LogP contribution is -2.35. The first-order valence-corrected chi connectivity index (χ1v) is 12.1. The molecule has 2 aromatic carbocycles. The number of amides is 1. The molecule has 3 heterocycles. The Morgan fingerprint density at radius 3 is 2.56 bits per heavy atom. The Labute approximate surface area is 197 Å². The first-order chi connectivity index (χ1) is 15.4. The van der Waals surface area contributed by atoms with E-state index in [-0.39, 0.29) is 11.5 Å². The molecule has 9 heteroatoms. The molecule has 0 saturated heterocycles. The molecule has 0 radical (unpaired) electrons. The zero-order valence-electron chi connectivity index (χ0n) is 17.6. The van der Waals surface area contributed by atoms with Crippen molar-refractivity contribution in [2.24, 2.45) is 5.10 Å². The van der Waals surface area contributed by atoms with Gasteiger partial charge in [0.1, 0.15) is 14.2 Å². The number of hydrogen-bond donors (Lipinski definition) is 0. The standard InChI is InChI=1S/C23H19ClN4O2S2/c1-4-27-21(30)19(23-26(3)16-12-14(24)10-11-17(16)31-23)32-22(27)18-13(2)25-28(20(18)29)15-8-6-5-7-9-15/h5-12H,4H2,1-3H3. The van der Waals surface area contributed by atoms with Crippen LogP contribution in [0.15, 0.2) is 63.3 Å². The molecule has 0 saturated carbocycles. The van der Waals surface area contributed by atoms with E-state index in [1.165, 1.54) is 16.3 Å². The molecular formula is C23H19ClN4O2S2. The van der Waals surface area contributed by atoms with E-state index in [2.05, 4.69) is 5.10 Å².